The molecule has 0 saturated carbocycles. The second-order valence-electron chi connectivity index (χ2n) is 7.41. The summed E-state index contributed by atoms with van der Waals surface area (Å²) in [7, 11) is 1.56. The van der Waals surface area contributed by atoms with Gasteiger partial charge in [0.05, 0.1) is 18.2 Å². The Morgan fingerprint density at radius 3 is 2.13 bits per heavy atom. The van der Waals surface area contributed by atoms with E-state index >= 15 is 4.39 Å². The normalized spacial score (nSPS) is 11.1. The minimum atomic E-state index is -0.721. The van der Waals surface area contributed by atoms with Crippen molar-refractivity contribution in [1.29, 1.82) is 0 Å². The number of pyridine rings is 1. The summed E-state index contributed by atoms with van der Waals surface area (Å²) in [5.41, 5.74) is 1.97. The molecular weight excluding hydrogens is 396 g/mol. The maximum absolute atomic E-state index is 15.0. The van der Waals surface area contributed by atoms with Crippen LogP contribution in [-0.4, -0.2) is 11.7 Å². The molecular formula is C26H23F2NO2. The number of benzene rings is 3. The minimum absolute atomic E-state index is 0.0714. The average Bonchev–Trinajstić information content (AvgIpc) is 2.80. The smallest absolute Gasteiger partial charge is 0.266 e. The van der Waals surface area contributed by atoms with Crippen LogP contribution < -0.4 is 10.3 Å². The van der Waals surface area contributed by atoms with E-state index in [-0.39, 0.29) is 10.8 Å². The summed E-state index contributed by atoms with van der Waals surface area (Å²) in [6.07, 6.45) is 2.19. The number of aromatic nitrogens is 1. The standard InChI is InChI=1S/C26H23F2NO2/c1-3-4-10-20-23-21(27)15-16-22(28)24(23)26(30)29(18-11-13-19(31-2)14-12-18)25(20)17-8-6-5-7-9-17/h5-9,11-16H,3-4,10H2,1-2H3. The van der Waals surface area contributed by atoms with Gasteiger partial charge < -0.3 is 4.74 Å². The van der Waals surface area contributed by atoms with Gasteiger partial charge in [-0.05, 0) is 60.4 Å². The lowest BCUT2D eigenvalue weighted by atomic mass is 9.94. The predicted octanol–water partition coefficient (Wildman–Crippen LogP) is 6.29. The molecule has 158 valence electrons. The summed E-state index contributed by atoms with van der Waals surface area (Å²) < 4.78 is 36.6. The summed E-state index contributed by atoms with van der Waals surface area (Å²) in [6, 6.07) is 18.5. The van der Waals surface area contributed by atoms with Crippen molar-refractivity contribution < 1.29 is 13.5 Å². The van der Waals surface area contributed by atoms with Gasteiger partial charge in [-0.15, -0.1) is 0 Å². The Labute approximate surface area is 179 Å². The molecule has 0 radical (unpaired) electrons. The van der Waals surface area contributed by atoms with Crippen LogP contribution >= 0.6 is 0 Å². The maximum Gasteiger partial charge on any atom is 0.266 e. The topological polar surface area (TPSA) is 31.2 Å². The van der Waals surface area contributed by atoms with E-state index in [1.54, 1.807) is 31.4 Å². The Morgan fingerprint density at radius 1 is 0.871 bits per heavy atom. The molecule has 0 aliphatic heterocycles. The average molecular weight is 419 g/mol. The zero-order chi connectivity index (χ0) is 22.0. The molecule has 0 aliphatic carbocycles. The molecule has 1 heterocycles. The number of hydrogen-bond donors (Lipinski definition) is 0. The molecule has 1 aromatic heterocycles. The molecule has 0 amide bonds. The van der Waals surface area contributed by atoms with Crippen LogP contribution in [0.3, 0.4) is 0 Å². The SMILES string of the molecule is CCCCc1c(-c2ccccc2)n(-c2ccc(OC)cc2)c(=O)c2c(F)ccc(F)c12. The van der Waals surface area contributed by atoms with Crippen LogP contribution in [-0.2, 0) is 6.42 Å². The Bertz CT molecular complexity index is 1280. The second kappa shape index (κ2) is 8.72. The molecule has 3 nitrogen and oxygen atoms in total. The lowest BCUT2D eigenvalue weighted by Crippen LogP contribution is -2.24. The van der Waals surface area contributed by atoms with Gasteiger partial charge in [0.2, 0.25) is 0 Å². The van der Waals surface area contributed by atoms with E-state index < -0.39 is 17.2 Å². The number of aryl methyl sites for hydroxylation is 1. The van der Waals surface area contributed by atoms with Gasteiger partial charge in [0.1, 0.15) is 17.4 Å². The molecule has 0 N–H and O–H groups in total. The number of fused-ring (bicyclic) bond motifs is 1. The maximum atomic E-state index is 15.0. The van der Waals surface area contributed by atoms with E-state index in [2.05, 4.69) is 0 Å². The third-order valence-corrected chi connectivity index (χ3v) is 5.49. The lowest BCUT2D eigenvalue weighted by Gasteiger charge is -2.21. The number of unbranched alkanes of at least 4 members (excludes halogenated alkanes) is 1. The highest BCUT2D eigenvalue weighted by Gasteiger charge is 2.23. The monoisotopic (exact) mass is 419 g/mol. The molecule has 0 fully saturated rings. The predicted molar refractivity (Wildman–Crippen MR) is 120 cm³/mol. The Kier molecular flexibility index (Phi) is 5.85. The first-order valence-electron chi connectivity index (χ1n) is 10.3. The number of halogens is 2. The highest BCUT2D eigenvalue weighted by Crippen LogP contribution is 2.34. The fourth-order valence-corrected chi connectivity index (χ4v) is 4.00. The van der Waals surface area contributed by atoms with E-state index in [1.807, 2.05) is 37.3 Å². The van der Waals surface area contributed by atoms with Crippen molar-refractivity contribution in [2.75, 3.05) is 7.11 Å². The van der Waals surface area contributed by atoms with E-state index in [0.29, 0.717) is 29.1 Å². The van der Waals surface area contributed by atoms with E-state index in [0.717, 1.165) is 30.5 Å². The van der Waals surface area contributed by atoms with Gasteiger partial charge in [-0.3, -0.25) is 9.36 Å². The van der Waals surface area contributed by atoms with Crippen molar-refractivity contribution in [3.8, 4) is 22.7 Å². The summed E-state index contributed by atoms with van der Waals surface area (Å²) in [4.78, 5) is 13.6. The largest absolute Gasteiger partial charge is 0.497 e. The molecule has 0 spiro atoms. The van der Waals surface area contributed by atoms with Crippen molar-refractivity contribution in [2.24, 2.45) is 0 Å². The molecule has 0 atom stereocenters. The van der Waals surface area contributed by atoms with Gasteiger partial charge in [0.25, 0.3) is 5.56 Å². The van der Waals surface area contributed by atoms with Gasteiger partial charge in [0.15, 0.2) is 0 Å². The van der Waals surface area contributed by atoms with E-state index in [9.17, 15) is 9.18 Å². The number of nitrogens with zero attached hydrogens (tertiary/aromatic N) is 1. The lowest BCUT2D eigenvalue weighted by molar-refractivity contribution is 0.414. The highest BCUT2D eigenvalue weighted by atomic mass is 19.1. The van der Waals surface area contributed by atoms with Gasteiger partial charge in [-0.2, -0.15) is 0 Å². The van der Waals surface area contributed by atoms with Crippen LogP contribution in [0.15, 0.2) is 71.5 Å². The summed E-state index contributed by atoms with van der Waals surface area (Å²) in [5, 5.41) is -0.149. The van der Waals surface area contributed by atoms with Crippen molar-refractivity contribution >= 4 is 10.8 Å². The highest BCUT2D eigenvalue weighted by molar-refractivity contribution is 5.91. The van der Waals surface area contributed by atoms with Gasteiger partial charge in [-0.1, -0.05) is 43.7 Å². The Morgan fingerprint density at radius 2 is 1.52 bits per heavy atom. The van der Waals surface area contributed by atoms with E-state index in [1.165, 1.54) is 4.57 Å². The number of rotatable bonds is 6. The molecule has 0 saturated heterocycles. The van der Waals surface area contributed by atoms with Crippen molar-refractivity contribution in [3.63, 3.8) is 0 Å². The van der Waals surface area contributed by atoms with Crippen molar-refractivity contribution in [2.45, 2.75) is 26.2 Å². The van der Waals surface area contributed by atoms with Gasteiger partial charge in [0, 0.05) is 11.1 Å². The molecule has 3 aromatic carbocycles. The zero-order valence-corrected chi connectivity index (χ0v) is 17.5. The zero-order valence-electron chi connectivity index (χ0n) is 17.5. The van der Waals surface area contributed by atoms with Crippen LogP contribution in [0.2, 0.25) is 0 Å². The fraction of sp³-hybridized carbons (Fsp3) is 0.192. The molecule has 0 aliphatic rings. The molecule has 0 bridgehead atoms. The third kappa shape index (κ3) is 3.72. The van der Waals surface area contributed by atoms with Crippen LogP contribution in [0, 0.1) is 11.6 Å². The summed E-state index contributed by atoms with van der Waals surface area (Å²) in [6.45, 7) is 2.04. The van der Waals surface area contributed by atoms with Crippen molar-refractivity contribution in [1.82, 2.24) is 4.57 Å². The molecule has 4 aromatic rings. The molecule has 4 rings (SSSR count). The summed E-state index contributed by atoms with van der Waals surface area (Å²) >= 11 is 0. The Hall–Kier alpha value is -3.47. The second-order valence-corrected chi connectivity index (χ2v) is 7.41. The minimum Gasteiger partial charge on any atom is -0.497 e. The first-order chi connectivity index (χ1) is 15.1. The third-order valence-electron chi connectivity index (χ3n) is 5.49. The first kappa shape index (κ1) is 20.8. The van der Waals surface area contributed by atoms with Crippen LogP contribution in [0.4, 0.5) is 8.78 Å². The van der Waals surface area contributed by atoms with Crippen molar-refractivity contribution in [3.05, 3.63) is 94.3 Å². The van der Waals surface area contributed by atoms with Crippen LogP contribution in [0.1, 0.15) is 25.3 Å². The molecule has 5 heteroatoms. The molecule has 31 heavy (non-hydrogen) atoms. The number of hydrogen-bond acceptors (Lipinski definition) is 2. The fourth-order valence-electron chi connectivity index (χ4n) is 4.00. The van der Waals surface area contributed by atoms with Gasteiger partial charge >= 0.3 is 0 Å². The van der Waals surface area contributed by atoms with Crippen LogP contribution in [0.5, 0.6) is 5.75 Å². The first-order valence-corrected chi connectivity index (χ1v) is 10.3. The number of methoxy groups -OCH3 is 1. The van der Waals surface area contributed by atoms with Crippen LogP contribution in [0.25, 0.3) is 27.7 Å². The quantitative estimate of drug-likeness (QED) is 0.368. The number of ether oxygens (including phenoxy) is 1. The Balaban J connectivity index is 2.20. The van der Waals surface area contributed by atoms with E-state index in [4.69, 9.17) is 4.74 Å². The molecule has 0 unspecified atom stereocenters. The van der Waals surface area contributed by atoms with Gasteiger partial charge in [-0.25, -0.2) is 8.78 Å². The summed E-state index contributed by atoms with van der Waals surface area (Å²) in [5.74, 6) is -0.665.